The molecular formula is C14H9Cl2NO. The van der Waals surface area contributed by atoms with Crippen LogP contribution in [0.5, 0.6) is 0 Å². The van der Waals surface area contributed by atoms with Gasteiger partial charge < -0.3 is 4.98 Å². The summed E-state index contributed by atoms with van der Waals surface area (Å²) >= 11 is 11.7. The van der Waals surface area contributed by atoms with Crippen LogP contribution in [0.1, 0.15) is 15.9 Å². The van der Waals surface area contributed by atoms with Gasteiger partial charge in [0.15, 0.2) is 0 Å². The van der Waals surface area contributed by atoms with Crippen molar-refractivity contribution in [2.24, 2.45) is 0 Å². The second kappa shape index (κ2) is 4.01. The molecular weight excluding hydrogens is 269 g/mol. The van der Waals surface area contributed by atoms with Gasteiger partial charge in [-0.05, 0) is 36.2 Å². The number of benzene rings is 2. The summed E-state index contributed by atoms with van der Waals surface area (Å²) in [6.45, 7) is 1.95. The highest BCUT2D eigenvalue weighted by Gasteiger charge is 2.13. The maximum absolute atomic E-state index is 11.4. The van der Waals surface area contributed by atoms with Gasteiger partial charge in [0.1, 0.15) is 0 Å². The number of rotatable bonds is 1. The lowest BCUT2D eigenvalue weighted by Gasteiger charge is -1.98. The molecule has 0 amide bonds. The molecule has 0 radical (unpaired) electrons. The zero-order valence-corrected chi connectivity index (χ0v) is 11.1. The van der Waals surface area contributed by atoms with Gasteiger partial charge in [0.05, 0.1) is 16.6 Å². The first-order valence-corrected chi connectivity index (χ1v) is 6.24. The fourth-order valence-corrected chi connectivity index (χ4v) is 2.59. The van der Waals surface area contributed by atoms with Gasteiger partial charge in [0, 0.05) is 15.8 Å². The first-order chi connectivity index (χ1) is 8.59. The van der Waals surface area contributed by atoms with Crippen LogP contribution in [-0.4, -0.2) is 10.2 Å². The Hall–Kier alpha value is -1.51. The molecule has 4 heteroatoms. The monoisotopic (exact) mass is 277 g/mol. The third kappa shape index (κ3) is 1.53. The summed E-state index contributed by atoms with van der Waals surface area (Å²) in [5.74, 6) is 0. The predicted molar refractivity (Wildman–Crippen MR) is 75.7 cm³/mol. The van der Waals surface area contributed by atoms with Gasteiger partial charge in [-0.25, -0.2) is 0 Å². The lowest BCUT2D eigenvalue weighted by Crippen LogP contribution is -1.89. The minimum Gasteiger partial charge on any atom is -0.354 e. The van der Waals surface area contributed by atoms with Gasteiger partial charge >= 0.3 is 0 Å². The molecule has 1 heterocycles. The molecule has 0 aliphatic rings. The third-order valence-corrected chi connectivity index (χ3v) is 3.83. The molecule has 0 saturated heterocycles. The number of H-pyrrole nitrogens is 1. The molecule has 18 heavy (non-hydrogen) atoms. The Labute approximate surface area is 114 Å². The molecule has 0 atom stereocenters. The van der Waals surface area contributed by atoms with Crippen LogP contribution in [0, 0.1) is 6.92 Å². The molecule has 0 unspecified atom stereocenters. The molecule has 0 spiro atoms. The van der Waals surface area contributed by atoms with E-state index in [1.807, 2.05) is 31.2 Å². The van der Waals surface area contributed by atoms with E-state index in [2.05, 4.69) is 4.98 Å². The zero-order chi connectivity index (χ0) is 12.9. The molecule has 0 fully saturated rings. The van der Waals surface area contributed by atoms with E-state index in [0.717, 1.165) is 27.4 Å². The number of halogens is 2. The topological polar surface area (TPSA) is 32.9 Å². The van der Waals surface area contributed by atoms with Crippen molar-refractivity contribution in [1.82, 2.24) is 4.98 Å². The quantitative estimate of drug-likeness (QED) is 0.645. The number of fused-ring (bicyclic) bond motifs is 3. The second-order valence-electron chi connectivity index (χ2n) is 4.22. The maximum Gasteiger partial charge on any atom is 0.254 e. The van der Waals surface area contributed by atoms with Gasteiger partial charge in [0.2, 0.25) is 0 Å². The minimum absolute atomic E-state index is 0.462. The summed E-state index contributed by atoms with van der Waals surface area (Å²) in [5, 5.41) is 2.27. The van der Waals surface area contributed by atoms with Crippen molar-refractivity contribution in [3.8, 4) is 0 Å². The van der Waals surface area contributed by atoms with Gasteiger partial charge in [-0.15, -0.1) is 0 Å². The van der Waals surface area contributed by atoms with Crippen molar-refractivity contribution < 1.29 is 4.79 Å². The highest BCUT2D eigenvalue weighted by atomic mass is 35.5. The molecule has 0 aliphatic heterocycles. The van der Waals surface area contributed by atoms with Crippen molar-refractivity contribution in [2.45, 2.75) is 6.92 Å². The Morgan fingerprint density at radius 1 is 1.11 bits per heavy atom. The van der Waals surface area contributed by atoms with E-state index in [1.165, 1.54) is 0 Å². The van der Waals surface area contributed by atoms with Gasteiger partial charge in [0.25, 0.3) is 5.24 Å². The minimum atomic E-state index is -0.462. The Balaban J connectivity index is 2.54. The molecule has 0 bridgehead atoms. The number of aryl methyl sites for hydroxylation is 1. The highest BCUT2D eigenvalue weighted by molar-refractivity contribution is 6.68. The molecule has 1 N–H and O–H groups in total. The maximum atomic E-state index is 11.4. The van der Waals surface area contributed by atoms with Crippen molar-refractivity contribution in [3.63, 3.8) is 0 Å². The summed E-state index contributed by atoms with van der Waals surface area (Å²) in [5.41, 5.74) is 3.17. The van der Waals surface area contributed by atoms with Crippen LogP contribution >= 0.6 is 23.2 Å². The van der Waals surface area contributed by atoms with Crippen molar-refractivity contribution in [2.75, 3.05) is 0 Å². The van der Waals surface area contributed by atoms with Gasteiger partial charge in [-0.3, -0.25) is 4.79 Å². The number of carbonyl (C=O) groups excluding carboxylic acids is 1. The van der Waals surface area contributed by atoms with Gasteiger partial charge in [-0.1, -0.05) is 29.8 Å². The molecule has 0 saturated carbocycles. The largest absolute Gasteiger partial charge is 0.354 e. The van der Waals surface area contributed by atoms with E-state index in [0.29, 0.717) is 10.6 Å². The lowest BCUT2D eigenvalue weighted by molar-refractivity contribution is 0.108. The normalized spacial score (nSPS) is 11.3. The summed E-state index contributed by atoms with van der Waals surface area (Å²) in [6.07, 6.45) is 0. The SMILES string of the molecule is Cc1c(Cl)ccc2c1[nH]c1c(C(=O)Cl)cccc12. The van der Waals surface area contributed by atoms with Crippen LogP contribution in [0.3, 0.4) is 0 Å². The number of hydrogen-bond donors (Lipinski definition) is 1. The van der Waals surface area contributed by atoms with E-state index in [-0.39, 0.29) is 0 Å². The average molecular weight is 278 g/mol. The fraction of sp³-hybridized carbons (Fsp3) is 0.0714. The van der Waals surface area contributed by atoms with Crippen molar-refractivity contribution in [3.05, 3.63) is 46.5 Å². The van der Waals surface area contributed by atoms with E-state index < -0.39 is 5.24 Å². The standard InChI is InChI=1S/C14H9Cl2NO/c1-7-11(15)6-5-9-8-3-2-4-10(14(16)18)13(8)17-12(7)9/h2-6,17H,1H3. The molecule has 0 aliphatic carbocycles. The summed E-state index contributed by atoms with van der Waals surface area (Å²) < 4.78 is 0. The first-order valence-electron chi connectivity index (χ1n) is 5.49. The van der Waals surface area contributed by atoms with E-state index >= 15 is 0 Å². The Kier molecular flexibility index (Phi) is 2.58. The average Bonchev–Trinajstić information content (AvgIpc) is 2.72. The summed E-state index contributed by atoms with van der Waals surface area (Å²) in [6, 6.07) is 9.32. The number of nitrogens with one attached hydrogen (secondary N) is 1. The van der Waals surface area contributed by atoms with Crippen molar-refractivity contribution >= 4 is 50.3 Å². The van der Waals surface area contributed by atoms with Gasteiger partial charge in [-0.2, -0.15) is 0 Å². The number of carbonyl (C=O) groups is 1. The Morgan fingerprint density at radius 3 is 2.56 bits per heavy atom. The van der Waals surface area contributed by atoms with Crippen LogP contribution in [0.25, 0.3) is 21.8 Å². The summed E-state index contributed by atoms with van der Waals surface area (Å²) in [4.78, 5) is 14.7. The van der Waals surface area contributed by atoms with Crippen LogP contribution in [0.4, 0.5) is 0 Å². The molecule has 2 nitrogen and oxygen atoms in total. The van der Waals surface area contributed by atoms with E-state index in [1.54, 1.807) is 6.07 Å². The Morgan fingerprint density at radius 2 is 1.83 bits per heavy atom. The number of para-hydroxylation sites is 1. The molecule has 3 rings (SSSR count). The second-order valence-corrected chi connectivity index (χ2v) is 4.97. The van der Waals surface area contributed by atoms with Crippen molar-refractivity contribution in [1.29, 1.82) is 0 Å². The number of aromatic amines is 1. The van der Waals surface area contributed by atoms with E-state index in [4.69, 9.17) is 23.2 Å². The zero-order valence-electron chi connectivity index (χ0n) is 9.55. The van der Waals surface area contributed by atoms with Crippen LogP contribution in [-0.2, 0) is 0 Å². The number of aromatic nitrogens is 1. The Bertz CT molecular complexity index is 789. The van der Waals surface area contributed by atoms with Crippen LogP contribution in [0.2, 0.25) is 5.02 Å². The molecule has 1 aromatic heterocycles. The predicted octanol–water partition coefficient (Wildman–Crippen LogP) is 4.66. The molecule has 90 valence electrons. The highest BCUT2D eigenvalue weighted by Crippen LogP contribution is 2.32. The smallest absolute Gasteiger partial charge is 0.254 e. The van der Waals surface area contributed by atoms with Crippen LogP contribution in [0.15, 0.2) is 30.3 Å². The lowest BCUT2D eigenvalue weighted by atomic mass is 10.1. The summed E-state index contributed by atoms with van der Waals surface area (Å²) in [7, 11) is 0. The third-order valence-electron chi connectivity index (χ3n) is 3.22. The first kappa shape index (κ1) is 11.6. The molecule has 2 aromatic carbocycles. The number of hydrogen-bond acceptors (Lipinski definition) is 1. The van der Waals surface area contributed by atoms with E-state index in [9.17, 15) is 4.79 Å². The van der Waals surface area contributed by atoms with Crippen LogP contribution < -0.4 is 0 Å². The fourth-order valence-electron chi connectivity index (χ4n) is 2.27. The molecule has 3 aromatic rings.